The zero-order chi connectivity index (χ0) is 14.3. The highest BCUT2D eigenvalue weighted by molar-refractivity contribution is 4.90. The van der Waals surface area contributed by atoms with E-state index in [4.69, 9.17) is 19.3 Å². The molecule has 3 N–H and O–H groups in total. The first-order chi connectivity index (χ1) is 9.15. The van der Waals surface area contributed by atoms with Gasteiger partial charge in [0.1, 0.15) is 24.4 Å². The van der Waals surface area contributed by atoms with Crippen LogP contribution in [-0.4, -0.2) is 66.3 Å². The van der Waals surface area contributed by atoms with E-state index in [9.17, 15) is 10.2 Å². The third kappa shape index (κ3) is 4.66. The minimum atomic E-state index is -1.06. The highest BCUT2D eigenvalue weighted by Crippen LogP contribution is 2.24. The number of ether oxygens (including phenoxy) is 3. The molecule has 1 aliphatic heterocycles. The van der Waals surface area contributed by atoms with Gasteiger partial charge in [0.25, 0.3) is 0 Å². The molecule has 0 saturated carbocycles. The maximum atomic E-state index is 10.00. The molecular weight excluding hydrogens is 252 g/mol. The van der Waals surface area contributed by atoms with Gasteiger partial charge in [-0.3, -0.25) is 0 Å². The Kier molecular flexibility index (Phi) is 7.82. The molecule has 1 saturated heterocycles. The molecule has 114 valence electrons. The molecule has 0 unspecified atom stereocenters. The third-order valence-corrected chi connectivity index (χ3v) is 3.36. The Labute approximate surface area is 114 Å². The van der Waals surface area contributed by atoms with Crippen LogP contribution >= 0.6 is 0 Å². The second-order valence-electron chi connectivity index (χ2n) is 4.84. The quantitative estimate of drug-likeness (QED) is 0.543. The Balaban J connectivity index is 2.46. The van der Waals surface area contributed by atoms with Gasteiger partial charge in [0, 0.05) is 13.7 Å². The van der Waals surface area contributed by atoms with Crippen LogP contribution in [0.15, 0.2) is 0 Å². The Bertz CT molecular complexity index is 221. The van der Waals surface area contributed by atoms with Crippen LogP contribution in [0.3, 0.4) is 0 Å². The van der Waals surface area contributed by atoms with Crippen LogP contribution in [-0.2, 0) is 14.2 Å². The molecule has 0 radical (unpaired) electrons. The van der Waals surface area contributed by atoms with Gasteiger partial charge in [0.05, 0.1) is 6.61 Å². The fraction of sp³-hybridized carbons (Fsp3) is 1.00. The van der Waals surface area contributed by atoms with Gasteiger partial charge in [-0.15, -0.1) is 0 Å². The van der Waals surface area contributed by atoms with E-state index in [1.165, 1.54) is 7.11 Å². The summed E-state index contributed by atoms with van der Waals surface area (Å²) in [6, 6.07) is 0. The average molecular weight is 278 g/mol. The summed E-state index contributed by atoms with van der Waals surface area (Å²) in [5, 5.41) is 29.1. The largest absolute Gasteiger partial charge is 0.394 e. The number of methoxy groups -OCH3 is 1. The van der Waals surface area contributed by atoms with E-state index < -0.39 is 30.7 Å². The molecule has 0 spiro atoms. The van der Waals surface area contributed by atoms with Gasteiger partial charge in [0.2, 0.25) is 0 Å². The summed E-state index contributed by atoms with van der Waals surface area (Å²) >= 11 is 0. The lowest BCUT2D eigenvalue weighted by Gasteiger charge is -2.41. The van der Waals surface area contributed by atoms with Gasteiger partial charge >= 0.3 is 0 Å². The van der Waals surface area contributed by atoms with Crippen LogP contribution in [0.4, 0.5) is 0 Å². The predicted molar refractivity (Wildman–Crippen MR) is 68.7 cm³/mol. The molecular formula is C13H26O6. The number of unbranched alkanes of at least 4 members (excludes halogenated alkanes) is 3. The number of aliphatic hydroxyl groups is 3. The van der Waals surface area contributed by atoms with E-state index in [1.54, 1.807) is 0 Å². The molecule has 1 rings (SSSR count). The van der Waals surface area contributed by atoms with Crippen molar-refractivity contribution in [1.29, 1.82) is 0 Å². The molecule has 6 nitrogen and oxygen atoms in total. The summed E-state index contributed by atoms with van der Waals surface area (Å²) in [5.41, 5.74) is 0. The minimum absolute atomic E-state index is 0.344. The molecule has 0 aromatic heterocycles. The van der Waals surface area contributed by atoms with Crippen molar-refractivity contribution in [3.63, 3.8) is 0 Å². The number of aliphatic hydroxyl groups excluding tert-OH is 3. The van der Waals surface area contributed by atoms with Gasteiger partial charge < -0.3 is 29.5 Å². The van der Waals surface area contributed by atoms with Crippen LogP contribution in [0, 0.1) is 0 Å². The fourth-order valence-electron chi connectivity index (χ4n) is 2.19. The lowest BCUT2D eigenvalue weighted by molar-refractivity contribution is -0.301. The van der Waals surface area contributed by atoms with E-state index in [0.29, 0.717) is 6.61 Å². The smallest absolute Gasteiger partial charge is 0.186 e. The summed E-state index contributed by atoms with van der Waals surface area (Å²) < 4.78 is 15.8. The first kappa shape index (κ1) is 16.8. The van der Waals surface area contributed by atoms with E-state index in [-0.39, 0.29) is 6.61 Å². The summed E-state index contributed by atoms with van der Waals surface area (Å²) in [5.74, 6) is 0. The molecule has 0 bridgehead atoms. The van der Waals surface area contributed by atoms with E-state index >= 15 is 0 Å². The van der Waals surface area contributed by atoms with Crippen molar-refractivity contribution in [1.82, 2.24) is 0 Å². The van der Waals surface area contributed by atoms with Crippen molar-refractivity contribution in [2.45, 2.75) is 63.3 Å². The number of hydrogen-bond donors (Lipinski definition) is 3. The Morgan fingerprint density at radius 2 is 1.84 bits per heavy atom. The molecule has 1 aliphatic rings. The second-order valence-corrected chi connectivity index (χ2v) is 4.84. The molecule has 6 heteroatoms. The first-order valence-corrected chi connectivity index (χ1v) is 6.92. The van der Waals surface area contributed by atoms with Crippen LogP contribution in [0.5, 0.6) is 0 Å². The van der Waals surface area contributed by atoms with Crippen LogP contribution in [0.1, 0.15) is 32.6 Å². The molecule has 1 heterocycles. The molecule has 19 heavy (non-hydrogen) atoms. The van der Waals surface area contributed by atoms with Gasteiger partial charge in [-0.2, -0.15) is 0 Å². The normalized spacial score (nSPS) is 35.5. The standard InChI is InChI=1S/C13H26O6/c1-3-4-5-6-7-18-12-10(15)9(8-14)19-13(17-2)11(12)16/h9-16H,3-8H2,1-2H3/t9-,10+,11-,12+,13+/m1/s1. The van der Waals surface area contributed by atoms with Crippen molar-refractivity contribution < 1.29 is 29.5 Å². The van der Waals surface area contributed by atoms with Crippen LogP contribution in [0.25, 0.3) is 0 Å². The maximum Gasteiger partial charge on any atom is 0.186 e. The third-order valence-electron chi connectivity index (χ3n) is 3.36. The van der Waals surface area contributed by atoms with Crippen molar-refractivity contribution >= 4 is 0 Å². The fourth-order valence-corrected chi connectivity index (χ4v) is 2.19. The highest BCUT2D eigenvalue weighted by atomic mass is 16.7. The van der Waals surface area contributed by atoms with E-state index in [0.717, 1.165) is 25.7 Å². The Morgan fingerprint density at radius 1 is 1.11 bits per heavy atom. The van der Waals surface area contributed by atoms with E-state index in [1.807, 2.05) is 0 Å². The second kappa shape index (κ2) is 8.84. The molecule has 1 fully saturated rings. The molecule has 0 aromatic carbocycles. The Morgan fingerprint density at radius 3 is 2.42 bits per heavy atom. The van der Waals surface area contributed by atoms with Gasteiger partial charge in [-0.25, -0.2) is 0 Å². The Hall–Kier alpha value is -0.240. The average Bonchev–Trinajstić information content (AvgIpc) is 2.42. The lowest BCUT2D eigenvalue weighted by Crippen LogP contribution is -2.59. The zero-order valence-corrected chi connectivity index (χ0v) is 11.7. The number of hydrogen-bond acceptors (Lipinski definition) is 6. The molecule has 0 aliphatic carbocycles. The summed E-state index contributed by atoms with van der Waals surface area (Å²) in [6.07, 6.45) is -0.378. The predicted octanol–water partition coefficient (Wildman–Crippen LogP) is 0.0373. The number of rotatable bonds is 8. The van der Waals surface area contributed by atoms with Gasteiger partial charge in [0.15, 0.2) is 6.29 Å². The molecule has 0 aromatic rings. The molecule has 5 atom stereocenters. The SMILES string of the molecule is CCCCCCO[C@H]1[C@@H](O)[C@@H](CO)O[C@H](OC)[C@@H]1O. The van der Waals surface area contributed by atoms with Crippen molar-refractivity contribution in [2.24, 2.45) is 0 Å². The van der Waals surface area contributed by atoms with Crippen molar-refractivity contribution in [3.05, 3.63) is 0 Å². The summed E-state index contributed by atoms with van der Waals surface area (Å²) in [6.45, 7) is 2.25. The summed E-state index contributed by atoms with van der Waals surface area (Å²) in [7, 11) is 1.40. The van der Waals surface area contributed by atoms with Crippen LogP contribution in [0.2, 0.25) is 0 Å². The van der Waals surface area contributed by atoms with Gasteiger partial charge in [-0.05, 0) is 6.42 Å². The van der Waals surface area contributed by atoms with Gasteiger partial charge in [-0.1, -0.05) is 26.2 Å². The minimum Gasteiger partial charge on any atom is -0.394 e. The first-order valence-electron chi connectivity index (χ1n) is 6.92. The molecule has 0 amide bonds. The van der Waals surface area contributed by atoms with Crippen molar-refractivity contribution in [2.75, 3.05) is 20.3 Å². The van der Waals surface area contributed by atoms with E-state index in [2.05, 4.69) is 6.92 Å². The maximum absolute atomic E-state index is 10.00. The topological polar surface area (TPSA) is 88.4 Å². The van der Waals surface area contributed by atoms with Crippen molar-refractivity contribution in [3.8, 4) is 0 Å². The monoisotopic (exact) mass is 278 g/mol. The highest BCUT2D eigenvalue weighted by Gasteiger charge is 2.45. The lowest BCUT2D eigenvalue weighted by atomic mass is 9.99. The summed E-state index contributed by atoms with van der Waals surface area (Å²) in [4.78, 5) is 0. The zero-order valence-electron chi connectivity index (χ0n) is 11.7. The van der Waals surface area contributed by atoms with Crippen LogP contribution < -0.4 is 0 Å².